The Balaban J connectivity index is 0. The van der Waals surface area contributed by atoms with Gasteiger partial charge in [-0.2, -0.15) is 0 Å². The predicted molar refractivity (Wildman–Crippen MR) is 37.1 cm³/mol. The average molecular weight is 436 g/mol. The van der Waals surface area contributed by atoms with Crippen molar-refractivity contribution in [3.05, 3.63) is 0 Å². The standard InChI is InChI=1S/C6H8O7.Pu/c7-3(8)1-6(13,5(11)12)2-4(9)10;/h13H,1-2H2,(H,7,8)(H,9,10)(H,11,12);. The van der Waals surface area contributed by atoms with E-state index < -0.39 is 36.4 Å². The number of carbonyl (C=O) groups is 3. The van der Waals surface area contributed by atoms with Gasteiger partial charge >= 0.3 is 17.9 Å². The number of hydrogen-bond donors (Lipinski definition) is 4. The van der Waals surface area contributed by atoms with E-state index in [4.69, 9.17) is 20.4 Å². The van der Waals surface area contributed by atoms with Gasteiger partial charge < -0.3 is 20.4 Å². The molecule has 14 heavy (non-hydrogen) atoms. The molecule has 0 bridgehead atoms. The molecule has 0 saturated heterocycles. The van der Waals surface area contributed by atoms with Crippen molar-refractivity contribution in [2.45, 2.75) is 18.4 Å². The van der Waals surface area contributed by atoms with Gasteiger partial charge in [0.1, 0.15) is 0 Å². The van der Waals surface area contributed by atoms with Crippen LogP contribution in [0, 0.1) is 29.2 Å². The van der Waals surface area contributed by atoms with Crippen LogP contribution in [0.25, 0.3) is 0 Å². The minimum atomic E-state index is -2.74. The topological polar surface area (TPSA) is 132 Å². The van der Waals surface area contributed by atoms with Gasteiger partial charge in [-0.3, -0.25) is 9.59 Å². The molecule has 0 amide bonds. The number of hydrogen-bond acceptors (Lipinski definition) is 4. The van der Waals surface area contributed by atoms with E-state index in [0.717, 1.165) is 0 Å². The zero-order chi connectivity index (χ0) is 10.6. The molecule has 7 nitrogen and oxygen atoms in total. The maximum atomic E-state index is 10.3. The van der Waals surface area contributed by atoms with E-state index in [1.165, 1.54) is 0 Å². The number of aliphatic hydroxyl groups is 1. The van der Waals surface area contributed by atoms with Crippen molar-refractivity contribution in [3.8, 4) is 0 Å². The molecule has 0 heterocycles. The Morgan fingerprint density at radius 3 is 1.36 bits per heavy atom. The number of rotatable bonds is 5. The zero-order valence-corrected chi connectivity index (χ0v) is 10.2. The molecule has 0 aromatic heterocycles. The summed E-state index contributed by atoms with van der Waals surface area (Å²) in [6.45, 7) is 0. The zero-order valence-electron chi connectivity index (χ0n) is 6.84. The van der Waals surface area contributed by atoms with Crippen LogP contribution in [-0.2, 0) is 14.4 Å². The number of aliphatic carboxylic acids is 3. The van der Waals surface area contributed by atoms with Crippen LogP contribution >= 0.6 is 0 Å². The van der Waals surface area contributed by atoms with Gasteiger partial charge in [-0.1, -0.05) is 0 Å². The van der Waals surface area contributed by atoms with Crippen LogP contribution in [0.5, 0.6) is 0 Å². The van der Waals surface area contributed by atoms with Crippen LogP contribution in [0.3, 0.4) is 0 Å². The van der Waals surface area contributed by atoms with E-state index in [1.807, 2.05) is 0 Å². The third-order valence-corrected chi connectivity index (χ3v) is 1.29. The van der Waals surface area contributed by atoms with E-state index in [2.05, 4.69) is 0 Å². The second-order valence-corrected chi connectivity index (χ2v) is 2.48. The largest absolute Gasteiger partial charge is 0.481 e. The molecule has 80 valence electrons. The van der Waals surface area contributed by atoms with Crippen molar-refractivity contribution < 1.29 is 64.0 Å². The third kappa shape index (κ3) is 5.17. The van der Waals surface area contributed by atoms with Gasteiger partial charge in [0.15, 0.2) is 5.60 Å². The molecule has 8 heteroatoms. The van der Waals surface area contributed by atoms with Crippen LogP contribution in [0.1, 0.15) is 12.8 Å². The molecule has 4 N–H and O–H groups in total. The summed E-state index contributed by atoms with van der Waals surface area (Å²) in [5.74, 6) is -5.02. The fraction of sp³-hybridized carbons (Fsp3) is 0.500. The summed E-state index contributed by atoms with van der Waals surface area (Å²) in [4.78, 5) is 30.5. The van der Waals surface area contributed by atoms with Crippen LogP contribution < -0.4 is 0 Å². The Labute approximate surface area is 100 Å². The van der Waals surface area contributed by atoms with Crippen molar-refractivity contribution in [3.63, 3.8) is 0 Å². The monoisotopic (exact) mass is 430 g/mol. The molecule has 0 spiro atoms. The summed E-state index contributed by atoms with van der Waals surface area (Å²) in [6.07, 6.45) is -2.29. The fourth-order valence-electron chi connectivity index (χ4n) is 0.714. The van der Waals surface area contributed by atoms with Crippen LogP contribution in [0.2, 0.25) is 0 Å². The molecule has 0 aliphatic rings. The molecule has 0 unspecified atom stereocenters. The first kappa shape index (κ1) is 15.8. The minimum absolute atomic E-state index is 0. The molecule has 0 radical (unpaired) electrons. The second kappa shape index (κ2) is 5.96. The van der Waals surface area contributed by atoms with Crippen molar-refractivity contribution in [1.82, 2.24) is 0 Å². The van der Waals surface area contributed by atoms with Gasteiger partial charge in [0.05, 0.1) is 12.8 Å². The average Bonchev–Trinajstić information content (AvgIpc) is 1.82. The normalized spacial score (nSPS) is 10.1. The quantitative estimate of drug-likeness (QED) is 0.424. The van der Waals surface area contributed by atoms with Gasteiger partial charge in [-0.05, 0) is 0 Å². The van der Waals surface area contributed by atoms with Crippen molar-refractivity contribution in [2.24, 2.45) is 0 Å². The number of carboxylic acid groups (broad SMARTS) is 3. The smallest absolute Gasteiger partial charge is 0.336 e. The maximum Gasteiger partial charge on any atom is 0.336 e. The van der Waals surface area contributed by atoms with Crippen molar-refractivity contribution in [2.75, 3.05) is 0 Å². The maximum absolute atomic E-state index is 10.3. The van der Waals surface area contributed by atoms with E-state index in [-0.39, 0.29) is 29.2 Å². The van der Waals surface area contributed by atoms with E-state index in [0.29, 0.717) is 0 Å². The van der Waals surface area contributed by atoms with Crippen LogP contribution in [0.4, 0.5) is 0 Å². The van der Waals surface area contributed by atoms with Gasteiger partial charge in [0.25, 0.3) is 0 Å². The van der Waals surface area contributed by atoms with E-state index in [1.54, 1.807) is 0 Å². The molecule has 0 aliphatic carbocycles. The Morgan fingerprint density at radius 1 is 0.929 bits per heavy atom. The Morgan fingerprint density at radius 2 is 1.21 bits per heavy atom. The fourth-order valence-corrected chi connectivity index (χ4v) is 0.714. The van der Waals surface area contributed by atoms with E-state index in [9.17, 15) is 14.4 Å². The Bertz CT molecular complexity index is 233. The summed E-state index contributed by atoms with van der Waals surface area (Å²) in [5, 5.41) is 33.8. The second-order valence-electron chi connectivity index (χ2n) is 2.48. The summed E-state index contributed by atoms with van der Waals surface area (Å²) in [6, 6.07) is 0. The van der Waals surface area contributed by atoms with Crippen LogP contribution in [0.15, 0.2) is 0 Å². The Kier molecular flexibility index (Phi) is 6.73. The minimum Gasteiger partial charge on any atom is -0.481 e. The summed E-state index contributed by atoms with van der Waals surface area (Å²) >= 11 is 0. The molecule has 0 fully saturated rings. The molecule has 0 aromatic carbocycles. The van der Waals surface area contributed by atoms with Crippen molar-refractivity contribution >= 4 is 17.9 Å². The Hall–Kier alpha value is -0.643. The summed E-state index contributed by atoms with van der Waals surface area (Å²) in [5.41, 5.74) is -2.74. The van der Waals surface area contributed by atoms with Gasteiger partial charge in [0, 0.05) is 29.2 Å². The molecule has 0 rings (SSSR count). The number of carboxylic acids is 3. The molecule has 0 atom stereocenters. The van der Waals surface area contributed by atoms with Crippen LogP contribution in [-0.4, -0.2) is 43.9 Å². The molecular weight excluding hydrogens is 428 g/mol. The summed E-state index contributed by atoms with van der Waals surface area (Å²) in [7, 11) is 0. The molecule has 0 aromatic rings. The first-order valence-electron chi connectivity index (χ1n) is 3.17. The SMILES string of the molecule is O=C(O)CC(O)(CC(=O)O)C(=O)O.[Pu]. The first-order valence-corrected chi connectivity index (χ1v) is 3.17. The van der Waals surface area contributed by atoms with Gasteiger partial charge in [-0.25, -0.2) is 4.79 Å². The van der Waals surface area contributed by atoms with E-state index >= 15 is 0 Å². The molecular formula is C6H8O7Pu. The molecule has 0 saturated carbocycles. The third-order valence-electron chi connectivity index (χ3n) is 1.29. The first-order chi connectivity index (χ1) is 5.78. The van der Waals surface area contributed by atoms with Crippen molar-refractivity contribution in [1.29, 1.82) is 0 Å². The van der Waals surface area contributed by atoms with Gasteiger partial charge in [0.2, 0.25) is 0 Å². The molecule has 0 aliphatic heterocycles. The van der Waals surface area contributed by atoms with Gasteiger partial charge in [-0.15, -0.1) is 0 Å². The predicted octanol–water partition coefficient (Wildman–Crippen LogP) is -1.25. The summed E-state index contributed by atoms with van der Waals surface area (Å²) < 4.78 is 0.